The van der Waals surface area contributed by atoms with Crippen LogP contribution in [0.15, 0.2) is 12.1 Å². The summed E-state index contributed by atoms with van der Waals surface area (Å²) in [7, 11) is 0. The molecule has 0 spiro atoms. The molecule has 0 aliphatic carbocycles. The summed E-state index contributed by atoms with van der Waals surface area (Å²) in [6.45, 7) is 0. The average Bonchev–Trinajstić information content (AvgIpc) is 2.04. The van der Waals surface area contributed by atoms with E-state index in [9.17, 15) is 8.78 Å². The van der Waals surface area contributed by atoms with Crippen molar-refractivity contribution >= 4 is 0 Å². The van der Waals surface area contributed by atoms with Crippen molar-refractivity contribution in [1.82, 2.24) is 0 Å². The smallest absolute Gasteiger partial charge is 0.144 e. The number of halogens is 2. The minimum Gasteiger partial charge on any atom is -0.205 e. The Morgan fingerprint density at radius 1 is 1.15 bits per heavy atom. The number of hydrogen-bond acceptors (Lipinski definition) is 2. The Kier molecular flexibility index (Phi) is 2.56. The number of nitriles is 2. The predicted octanol–water partition coefficient (Wildman–Crippen LogP) is 1.90. The van der Waals surface area contributed by atoms with E-state index in [0.29, 0.717) is 0 Å². The quantitative estimate of drug-likeness (QED) is 0.659. The molecule has 0 aromatic heterocycles. The van der Waals surface area contributed by atoms with Gasteiger partial charge in [0.05, 0.1) is 12.5 Å². The molecule has 0 radical (unpaired) electrons. The Bertz CT molecular complexity index is 390. The Morgan fingerprint density at radius 2 is 1.69 bits per heavy atom. The Hall–Kier alpha value is -1.94. The standard InChI is InChI=1S/C9H4F2N2/c10-8-3-6(1-2-12)4-9(11)7(8)5-13/h3-4H,1H2. The third-order valence-corrected chi connectivity index (χ3v) is 1.50. The van der Waals surface area contributed by atoms with Crippen LogP contribution in [0.2, 0.25) is 0 Å². The van der Waals surface area contributed by atoms with Crippen molar-refractivity contribution in [3.05, 3.63) is 34.9 Å². The van der Waals surface area contributed by atoms with Crippen LogP contribution in [0.3, 0.4) is 0 Å². The molecular weight excluding hydrogens is 174 g/mol. The normalized spacial score (nSPS) is 8.92. The molecule has 1 aromatic rings. The lowest BCUT2D eigenvalue weighted by molar-refractivity contribution is 0.574. The molecule has 0 saturated heterocycles. The van der Waals surface area contributed by atoms with Crippen molar-refractivity contribution in [3.63, 3.8) is 0 Å². The van der Waals surface area contributed by atoms with Crippen molar-refractivity contribution in [2.75, 3.05) is 0 Å². The van der Waals surface area contributed by atoms with Crippen LogP contribution >= 0.6 is 0 Å². The summed E-state index contributed by atoms with van der Waals surface area (Å²) in [5.74, 6) is -1.85. The molecule has 0 N–H and O–H groups in total. The molecule has 0 aliphatic rings. The van der Waals surface area contributed by atoms with E-state index in [-0.39, 0.29) is 12.0 Å². The molecule has 0 bridgehead atoms. The van der Waals surface area contributed by atoms with Gasteiger partial charge in [-0.15, -0.1) is 0 Å². The molecule has 64 valence electrons. The van der Waals surface area contributed by atoms with Crippen LogP contribution in [0.1, 0.15) is 11.1 Å². The van der Waals surface area contributed by atoms with Gasteiger partial charge in [0.15, 0.2) is 0 Å². The van der Waals surface area contributed by atoms with E-state index in [1.54, 1.807) is 6.07 Å². The number of rotatable bonds is 1. The summed E-state index contributed by atoms with van der Waals surface area (Å²) < 4.78 is 25.7. The van der Waals surface area contributed by atoms with Gasteiger partial charge >= 0.3 is 0 Å². The maximum Gasteiger partial charge on any atom is 0.144 e. The van der Waals surface area contributed by atoms with Gasteiger partial charge in [-0.3, -0.25) is 0 Å². The molecule has 4 heteroatoms. The third-order valence-electron chi connectivity index (χ3n) is 1.50. The van der Waals surface area contributed by atoms with Gasteiger partial charge in [0.25, 0.3) is 0 Å². The molecule has 0 heterocycles. The van der Waals surface area contributed by atoms with Gasteiger partial charge in [-0.2, -0.15) is 10.5 Å². The molecule has 2 nitrogen and oxygen atoms in total. The molecule has 0 saturated carbocycles. The van der Waals surface area contributed by atoms with Crippen LogP contribution in [-0.4, -0.2) is 0 Å². The van der Waals surface area contributed by atoms with E-state index < -0.39 is 17.2 Å². The summed E-state index contributed by atoms with van der Waals surface area (Å²) in [5.41, 5.74) is -0.377. The second-order valence-electron chi connectivity index (χ2n) is 2.38. The van der Waals surface area contributed by atoms with Gasteiger partial charge in [0, 0.05) is 0 Å². The lowest BCUT2D eigenvalue weighted by Gasteiger charge is -1.98. The minimum atomic E-state index is -0.923. The van der Waals surface area contributed by atoms with Crippen LogP contribution in [0.5, 0.6) is 0 Å². The van der Waals surface area contributed by atoms with Crippen molar-refractivity contribution in [2.45, 2.75) is 6.42 Å². The molecule has 1 aromatic carbocycles. The van der Waals surface area contributed by atoms with Gasteiger partial charge in [-0.05, 0) is 17.7 Å². The van der Waals surface area contributed by atoms with E-state index in [4.69, 9.17) is 10.5 Å². The molecule has 1 rings (SSSR count). The van der Waals surface area contributed by atoms with Crippen molar-refractivity contribution in [2.24, 2.45) is 0 Å². The van der Waals surface area contributed by atoms with Crippen molar-refractivity contribution in [1.29, 1.82) is 10.5 Å². The van der Waals surface area contributed by atoms with E-state index in [0.717, 1.165) is 12.1 Å². The second-order valence-corrected chi connectivity index (χ2v) is 2.38. The van der Waals surface area contributed by atoms with Gasteiger partial charge in [0.2, 0.25) is 0 Å². The largest absolute Gasteiger partial charge is 0.205 e. The molecule has 0 unspecified atom stereocenters. The summed E-state index contributed by atoms with van der Waals surface area (Å²) in [6, 6.07) is 5.14. The zero-order chi connectivity index (χ0) is 9.84. The summed E-state index contributed by atoms with van der Waals surface area (Å²) in [5, 5.41) is 16.6. The van der Waals surface area contributed by atoms with Gasteiger partial charge < -0.3 is 0 Å². The first-order valence-electron chi connectivity index (χ1n) is 3.44. The SMILES string of the molecule is N#CCc1cc(F)c(C#N)c(F)c1. The maximum absolute atomic E-state index is 12.9. The minimum absolute atomic E-state index is 0.0699. The average molecular weight is 178 g/mol. The molecule has 0 amide bonds. The summed E-state index contributed by atoms with van der Waals surface area (Å²) >= 11 is 0. The summed E-state index contributed by atoms with van der Waals surface area (Å²) in [4.78, 5) is 0. The van der Waals surface area contributed by atoms with Gasteiger partial charge in [-0.1, -0.05) is 0 Å². The van der Waals surface area contributed by atoms with Crippen LogP contribution < -0.4 is 0 Å². The highest BCUT2D eigenvalue weighted by Crippen LogP contribution is 2.14. The molecule has 0 aliphatic heterocycles. The van der Waals surface area contributed by atoms with Gasteiger partial charge in [-0.25, -0.2) is 8.78 Å². The van der Waals surface area contributed by atoms with E-state index in [1.165, 1.54) is 6.07 Å². The molecule has 0 fully saturated rings. The first-order valence-corrected chi connectivity index (χ1v) is 3.44. The predicted molar refractivity (Wildman–Crippen MR) is 40.4 cm³/mol. The Balaban J connectivity index is 3.24. The monoisotopic (exact) mass is 178 g/mol. The van der Waals surface area contributed by atoms with E-state index in [1.807, 2.05) is 0 Å². The zero-order valence-corrected chi connectivity index (χ0v) is 6.51. The van der Waals surface area contributed by atoms with Crippen LogP contribution in [-0.2, 0) is 6.42 Å². The fraction of sp³-hybridized carbons (Fsp3) is 0.111. The highest BCUT2D eigenvalue weighted by atomic mass is 19.1. The van der Waals surface area contributed by atoms with E-state index in [2.05, 4.69) is 0 Å². The van der Waals surface area contributed by atoms with Gasteiger partial charge in [0.1, 0.15) is 23.3 Å². The highest BCUT2D eigenvalue weighted by Gasteiger charge is 2.09. The molecule has 13 heavy (non-hydrogen) atoms. The first kappa shape index (κ1) is 9.15. The fourth-order valence-corrected chi connectivity index (χ4v) is 0.926. The Morgan fingerprint density at radius 3 is 2.08 bits per heavy atom. The highest BCUT2D eigenvalue weighted by molar-refractivity contribution is 5.35. The van der Waals surface area contributed by atoms with Crippen molar-refractivity contribution < 1.29 is 8.78 Å². The molecule has 0 atom stereocenters. The van der Waals surface area contributed by atoms with Crippen LogP contribution in [0.4, 0.5) is 8.78 Å². The Labute approximate surface area is 73.6 Å². The van der Waals surface area contributed by atoms with E-state index >= 15 is 0 Å². The second kappa shape index (κ2) is 3.64. The number of benzene rings is 1. The topological polar surface area (TPSA) is 47.6 Å². The van der Waals surface area contributed by atoms with Crippen molar-refractivity contribution in [3.8, 4) is 12.1 Å². The number of nitrogens with zero attached hydrogens (tertiary/aromatic N) is 2. The lowest BCUT2D eigenvalue weighted by atomic mass is 10.1. The lowest BCUT2D eigenvalue weighted by Crippen LogP contribution is -1.93. The van der Waals surface area contributed by atoms with Crippen LogP contribution in [0, 0.1) is 34.3 Å². The number of hydrogen-bond donors (Lipinski definition) is 0. The first-order chi connectivity index (χ1) is 6.19. The zero-order valence-electron chi connectivity index (χ0n) is 6.51. The molecular formula is C9H4F2N2. The summed E-state index contributed by atoms with van der Waals surface area (Å²) in [6.07, 6.45) is -0.0699. The maximum atomic E-state index is 12.9. The fourth-order valence-electron chi connectivity index (χ4n) is 0.926. The van der Waals surface area contributed by atoms with Crippen LogP contribution in [0.25, 0.3) is 0 Å². The third kappa shape index (κ3) is 1.80.